The number of aromatic nitrogens is 2. The third-order valence-corrected chi connectivity index (χ3v) is 5.85. The molecule has 3 heterocycles. The highest BCUT2D eigenvalue weighted by Gasteiger charge is 2.45. The molecule has 29 heavy (non-hydrogen) atoms. The average Bonchev–Trinajstić information content (AvgIpc) is 3.30. The number of non-ortho nitro benzene ring substituents is 1. The lowest BCUT2D eigenvalue weighted by Crippen LogP contribution is -2.57. The Labute approximate surface area is 168 Å². The Kier molecular flexibility index (Phi) is 5.48. The first-order valence-electron chi connectivity index (χ1n) is 10.00. The summed E-state index contributed by atoms with van der Waals surface area (Å²) in [5, 5.41) is 18.5. The van der Waals surface area contributed by atoms with Crippen LogP contribution in [0.3, 0.4) is 0 Å². The van der Waals surface area contributed by atoms with Crippen molar-refractivity contribution in [3.8, 4) is 5.75 Å². The van der Waals surface area contributed by atoms with Gasteiger partial charge in [-0.1, -0.05) is 0 Å². The highest BCUT2D eigenvalue weighted by Crippen LogP contribution is 2.31. The average molecular weight is 399 g/mol. The quantitative estimate of drug-likeness (QED) is 0.609. The highest BCUT2D eigenvalue weighted by atomic mass is 16.6. The van der Waals surface area contributed by atoms with Crippen molar-refractivity contribution in [3.05, 3.63) is 52.8 Å². The second kappa shape index (κ2) is 8.20. The minimum Gasteiger partial charge on any atom is -0.490 e. The Balaban J connectivity index is 1.38. The summed E-state index contributed by atoms with van der Waals surface area (Å²) in [4.78, 5) is 25.7. The molecule has 0 radical (unpaired) electrons. The van der Waals surface area contributed by atoms with Crippen LogP contribution in [0, 0.1) is 10.1 Å². The Morgan fingerprint density at radius 2 is 1.90 bits per heavy atom. The van der Waals surface area contributed by atoms with Gasteiger partial charge in [-0.15, -0.1) is 0 Å². The second-order valence-corrected chi connectivity index (χ2v) is 7.59. The minimum atomic E-state index is -0.610. The maximum absolute atomic E-state index is 13.5. The van der Waals surface area contributed by atoms with Crippen LogP contribution in [0.15, 0.2) is 42.7 Å². The van der Waals surface area contributed by atoms with Crippen LogP contribution < -0.4 is 10.1 Å². The monoisotopic (exact) mass is 399 g/mol. The molecule has 1 aromatic carbocycles. The topological polar surface area (TPSA) is 103 Å². The van der Waals surface area contributed by atoms with Gasteiger partial charge in [0.15, 0.2) is 0 Å². The summed E-state index contributed by atoms with van der Waals surface area (Å²) in [5.74, 6) is 0.753. The third kappa shape index (κ3) is 3.95. The largest absolute Gasteiger partial charge is 0.490 e. The second-order valence-electron chi connectivity index (χ2n) is 7.59. The molecule has 9 nitrogen and oxygen atoms in total. The summed E-state index contributed by atoms with van der Waals surface area (Å²) >= 11 is 0. The van der Waals surface area contributed by atoms with E-state index in [4.69, 9.17) is 4.74 Å². The molecule has 4 rings (SSSR count). The van der Waals surface area contributed by atoms with E-state index >= 15 is 0 Å². The van der Waals surface area contributed by atoms with Crippen molar-refractivity contribution in [2.75, 3.05) is 26.2 Å². The van der Waals surface area contributed by atoms with Gasteiger partial charge in [0, 0.05) is 50.5 Å². The number of benzene rings is 1. The Morgan fingerprint density at radius 1 is 1.21 bits per heavy atom. The first-order valence-corrected chi connectivity index (χ1v) is 10.00. The molecule has 154 valence electrons. The van der Waals surface area contributed by atoms with Gasteiger partial charge in [0.25, 0.3) is 11.6 Å². The fourth-order valence-electron chi connectivity index (χ4n) is 4.21. The molecule has 2 aromatic rings. The number of piperidine rings is 2. The first kappa shape index (κ1) is 19.4. The predicted molar refractivity (Wildman–Crippen MR) is 106 cm³/mol. The van der Waals surface area contributed by atoms with Gasteiger partial charge < -0.3 is 15.0 Å². The van der Waals surface area contributed by atoms with Crippen molar-refractivity contribution in [3.63, 3.8) is 0 Å². The smallest absolute Gasteiger partial charge is 0.269 e. The van der Waals surface area contributed by atoms with Gasteiger partial charge in [0.05, 0.1) is 4.92 Å². The van der Waals surface area contributed by atoms with Crippen LogP contribution >= 0.6 is 0 Å². The van der Waals surface area contributed by atoms with Gasteiger partial charge in [0.1, 0.15) is 17.4 Å². The van der Waals surface area contributed by atoms with E-state index in [-0.39, 0.29) is 17.7 Å². The molecule has 0 atom stereocenters. The molecular weight excluding hydrogens is 374 g/mol. The molecule has 1 amide bonds. The van der Waals surface area contributed by atoms with Crippen LogP contribution in [-0.2, 0) is 10.3 Å². The molecule has 2 aliphatic rings. The van der Waals surface area contributed by atoms with Gasteiger partial charge >= 0.3 is 0 Å². The lowest BCUT2D eigenvalue weighted by atomic mass is 9.86. The molecule has 2 aliphatic heterocycles. The van der Waals surface area contributed by atoms with Crippen LogP contribution in [0.25, 0.3) is 0 Å². The molecular formula is C20H25N5O4. The van der Waals surface area contributed by atoms with Crippen molar-refractivity contribution in [1.82, 2.24) is 20.0 Å². The number of likely N-dealkylation sites (tertiary alicyclic amines) is 1. The summed E-state index contributed by atoms with van der Waals surface area (Å²) in [6.45, 7) is 2.86. The molecule has 2 fully saturated rings. The number of carbonyl (C=O) groups excluding carboxylic acids is 1. The molecule has 2 saturated heterocycles. The molecule has 0 bridgehead atoms. The van der Waals surface area contributed by atoms with Crippen LogP contribution in [0.5, 0.6) is 5.75 Å². The minimum absolute atomic E-state index is 0.00539. The normalized spacial score (nSPS) is 19.7. The summed E-state index contributed by atoms with van der Waals surface area (Å²) in [6.07, 6.45) is 6.52. The molecule has 1 aromatic heterocycles. The summed E-state index contributed by atoms with van der Waals surface area (Å²) in [7, 11) is 0. The highest BCUT2D eigenvalue weighted by molar-refractivity contribution is 5.84. The van der Waals surface area contributed by atoms with Gasteiger partial charge in [-0.25, -0.2) is 0 Å². The third-order valence-electron chi connectivity index (χ3n) is 5.85. The lowest BCUT2D eigenvalue weighted by Gasteiger charge is -2.42. The maximum atomic E-state index is 13.5. The van der Waals surface area contributed by atoms with E-state index in [1.54, 1.807) is 18.3 Å². The Bertz CT molecular complexity index is 838. The number of hydrogen-bond acceptors (Lipinski definition) is 6. The molecule has 9 heteroatoms. The number of ether oxygens (including phenoxy) is 1. The molecule has 1 N–H and O–H groups in total. The van der Waals surface area contributed by atoms with Crippen molar-refractivity contribution < 1.29 is 14.5 Å². The Hall–Kier alpha value is -2.94. The lowest BCUT2D eigenvalue weighted by molar-refractivity contribution is -0.384. The van der Waals surface area contributed by atoms with Crippen molar-refractivity contribution in [2.45, 2.75) is 37.3 Å². The molecule has 0 aliphatic carbocycles. The number of nitrogens with one attached hydrogen (secondary N) is 1. The number of nitro benzene ring substituents is 1. The summed E-state index contributed by atoms with van der Waals surface area (Å²) < 4.78 is 7.80. The number of rotatable bonds is 5. The van der Waals surface area contributed by atoms with Gasteiger partial charge in [-0.05, 0) is 44.1 Å². The van der Waals surface area contributed by atoms with Gasteiger partial charge in [-0.2, -0.15) is 5.10 Å². The van der Waals surface area contributed by atoms with E-state index in [1.807, 2.05) is 21.8 Å². The van der Waals surface area contributed by atoms with E-state index < -0.39 is 10.5 Å². The standard InChI is InChI=1S/C20H25N5O4/c26-19(20(8-11-21-12-9-20)24-13-1-10-22-24)23-14-6-18(7-15-23)29-17-4-2-16(3-5-17)25(27)28/h1-5,10,13,18,21H,6-9,11-12,14-15H2. The van der Waals surface area contributed by atoms with Gasteiger partial charge in [0.2, 0.25) is 0 Å². The van der Waals surface area contributed by atoms with Crippen LogP contribution in [0.2, 0.25) is 0 Å². The number of amides is 1. The van der Waals surface area contributed by atoms with Crippen LogP contribution in [-0.4, -0.2) is 57.8 Å². The van der Waals surface area contributed by atoms with Crippen molar-refractivity contribution in [2.24, 2.45) is 0 Å². The van der Waals surface area contributed by atoms with Gasteiger partial charge in [-0.3, -0.25) is 19.6 Å². The fraction of sp³-hybridized carbons (Fsp3) is 0.500. The van der Waals surface area contributed by atoms with Crippen molar-refractivity contribution >= 4 is 11.6 Å². The number of hydrogen-bond donors (Lipinski definition) is 1. The van der Waals surface area contributed by atoms with E-state index in [0.29, 0.717) is 18.8 Å². The van der Waals surface area contributed by atoms with E-state index in [2.05, 4.69) is 10.4 Å². The van der Waals surface area contributed by atoms with E-state index in [0.717, 1.165) is 38.8 Å². The SMILES string of the molecule is O=C(N1CCC(Oc2ccc([N+](=O)[O-])cc2)CC1)C1(n2cccn2)CCNCC1. The Morgan fingerprint density at radius 3 is 2.48 bits per heavy atom. The zero-order valence-corrected chi connectivity index (χ0v) is 16.2. The molecule has 0 unspecified atom stereocenters. The maximum Gasteiger partial charge on any atom is 0.269 e. The predicted octanol–water partition coefficient (Wildman–Crippen LogP) is 1.94. The zero-order chi connectivity index (χ0) is 20.3. The van der Waals surface area contributed by atoms with E-state index in [1.165, 1.54) is 12.1 Å². The number of carbonyl (C=O) groups is 1. The number of nitrogens with zero attached hydrogens (tertiary/aromatic N) is 4. The zero-order valence-electron chi connectivity index (χ0n) is 16.2. The van der Waals surface area contributed by atoms with Crippen molar-refractivity contribution in [1.29, 1.82) is 0 Å². The van der Waals surface area contributed by atoms with E-state index in [9.17, 15) is 14.9 Å². The molecule has 0 spiro atoms. The van der Waals surface area contributed by atoms with Crippen LogP contribution in [0.1, 0.15) is 25.7 Å². The first-order chi connectivity index (χ1) is 14.1. The fourth-order valence-corrected chi connectivity index (χ4v) is 4.21. The number of nitro groups is 1. The molecule has 0 saturated carbocycles. The van der Waals surface area contributed by atoms with Crippen LogP contribution in [0.4, 0.5) is 5.69 Å². The summed E-state index contributed by atoms with van der Waals surface area (Å²) in [5.41, 5.74) is -0.565. The summed E-state index contributed by atoms with van der Waals surface area (Å²) in [6, 6.07) is 7.99.